The summed E-state index contributed by atoms with van der Waals surface area (Å²) in [6.45, 7) is 3.34. The van der Waals surface area contributed by atoms with E-state index in [1.807, 2.05) is 0 Å². The normalized spacial score (nSPS) is 11.3. The molecule has 0 aliphatic heterocycles. The summed E-state index contributed by atoms with van der Waals surface area (Å²) >= 11 is 0. The van der Waals surface area contributed by atoms with Crippen molar-refractivity contribution in [3.8, 4) is 6.07 Å². The first kappa shape index (κ1) is 14.1. The van der Waals surface area contributed by atoms with E-state index in [9.17, 15) is 13.6 Å². The predicted octanol–water partition coefficient (Wildman–Crippen LogP) is 2.55. The van der Waals surface area contributed by atoms with Crippen LogP contribution in [0.1, 0.15) is 37.0 Å². The zero-order chi connectivity index (χ0) is 13.9. The van der Waals surface area contributed by atoms with Crippen LogP contribution in [0.15, 0.2) is 18.2 Å². The number of nitrogens with two attached hydrogens (primary N) is 1. The lowest BCUT2D eigenvalue weighted by atomic mass is 9.84. The van der Waals surface area contributed by atoms with Gasteiger partial charge in [0, 0.05) is 11.0 Å². The number of carbonyl (C=O) groups excluding carboxylic acids is 1. The first-order chi connectivity index (χ1) is 8.27. The molecule has 96 valence electrons. The van der Waals surface area contributed by atoms with E-state index in [0.29, 0.717) is 12.0 Å². The number of amides is 1. The molecule has 0 aliphatic carbocycles. The van der Waals surface area contributed by atoms with Gasteiger partial charge in [-0.1, -0.05) is 26.0 Å². The number of alkyl halides is 2. The maximum atomic E-state index is 12.6. The monoisotopic (exact) mass is 252 g/mol. The Balaban J connectivity index is 3.08. The standard InChI is InChI=1S/C13H14F2N2O/c1-13(2,12(17)18)6-8-3-4-10(11(14)15)9(5-8)7-16/h3-5,11H,6H2,1-2H3,(H2,17,18). The highest BCUT2D eigenvalue weighted by molar-refractivity contribution is 5.80. The summed E-state index contributed by atoms with van der Waals surface area (Å²) in [4.78, 5) is 11.2. The van der Waals surface area contributed by atoms with E-state index in [1.165, 1.54) is 18.2 Å². The number of rotatable bonds is 4. The molecule has 0 saturated heterocycles. The van der Waals surface area contributed by atoms with Crippen molar-refractivity contribution in [2.75, 3.05) is 0 Å². The third-order valence-corrected chi connectivity index (χ3v) is 2.79. The number of hydrogen-bond donors (Lipinski definition) is 1. The fraction of sp³-hybridized carbons (Fsp3) is 0.385. The van der Waals surface area contributed by atoms with Gasteiger partial charge in [-0.05, 0) is 18.1 Å². The molecule has 0 saturated carbocycles. The quantitative estimate of drug-likeness (QED) is 0.894. The van der Waals surface area contributed by atoms with E-state index in [0.717, 1.165) is 0 Å². The number of primary amides is 1. The Labute approximate surface area is 104 Å². The Kier molecular flexibility index (Phi) is 4.02. The first-order valence-corrected chi connectivity index (χ1v) is 5.39. The number of hydrogen-bond acceptors (Lipinski definition) is 2. The summed E-state index contributed by atoms with van der Waals surface area (Å²) in [6.07, 6.45) is -2.38. The molecule has 0 fully saturated rings. The van der Waals surface area contributed by atoms with Crippen molar-refractivity contribution in [2.24, 2.45) is 11.1 Å². The van der Waals surface area contributed by atoms with Crippen molar-refractivity contribution >= 4 is 5.91 Å². The molecule has 0 aromatic heterocycles. The second-order valence-corrected chi connectivity index (χ2v) is 4.76. The molecule has 3 nitrogen and oxygen atoms in total. The summed E-state index contributed by atoms with van der Waals surface area (Å²) in [5, 5.41) is 8.82. The van der Waals surface area contributed by atoms with E-state index >= 15 is 0 Å². The van der Waals surface area contributed by atoms with Gasteiger partial charge in [0.15, 0.2) is 0 Å². The third-order valence-electron chi connectivity index (χ3n) is 2.79. The van der Waals surface area contributed by atoms with Crippen LogP contribution in [0, 0.1) is 16.7 Å². The second-order valence-electron chi connectivity index (χ2n) is 4.76. The minimum absolute atomic E-state index is 0.0669. The number of benzene rings is 1. The maximum Gasteiger partial charge on any atom is 0.265 e. The molecule has 1 rings (SSSR count). The fourth-order valence-electron chi connectivity index (χ4n) is 1.60. The van der Waals surface area contributed by atoms with Gasteiger partial charge in [-0.3, -0.25) is 4.79 Å². The Hall–Kier alpha value is -1.96. The van der Waals surface area contributed by atoms with Crippen LogP contribution in [-0.4, -0.2) is 5.91 Å². The molecule has 1 aromatic rings. The smallest absolute Gasteiger partial charge is 0.265 e. The van der Waals surface area contributed by atoms with Gasteiger partial charge in [0.1, 0.15) is 0 Å². The van der Waals surface area contributed by atoms with Crippen LogP contribution in [0.5, 0.6) is 0 Å². The van der Waals surface area contributed by atoms with Crippen molar-refractivity contribution in [3.63, 3.8) is 0 Å². The molecule has 0 heterocycles. The Bertz CT molecular complexity index is 504. The molecule has 0 atom stereocenters. The van der Waals surface area contributed by atoms with Crippen molar-refractivity contribution < 1.29 is 13.6 Å². The van der Waals surface area contributed by atoms with E-state index in [4.69, 9.17) is 11.0 Å². The fourth-order valence-corrected chi connectivity index (χ4v) is 1.60. The SMILES string of the molecule is CC(C)(Cc1ccc(C(F)F)c(C#N)c1)C(N)=O. The Morgan fingerprint density at radius 3 is 2.56 bits per heavy atom. The van der Waals surface area contributed by atoms with E-state index < -0.39 is 17.7 Å². The maximum absolute atomic E-state index is 12.6. The average Bonchev–Trinajstić information content (AvgIpc) is 2.27. The van der Waals surface area contributed by atoms with Crippen LogP contribution < -0.4 is 5.73 Å². The minimum Gasteiger partial charge on any atom is -0.369 e. The zero-order valence-corrected chi connectivity index (χ0v) is 10.2. The number of carbonyl (C=O) groups is 1. The van der Waals surface area contributed by atoms with E-state index in [-0.39, 0.29) is 11.1 Å². The molecule has 1 aromatic carbocycles. The van der Waals surface area contributed by atoms with Crippen LogP contribution in [0.2, 0.25) is 0 Å². The molecular formula is C13H14F2N2O. The Morgan fingerprint density at radius 2 is 2.11 bits per heavy atom. The highest BCUT2D eigenvalue weighted by atomic mass is 19.3. The molecule has 5 heteroatoms. The second kappa shape index (κ2) is 5.13. The minimum atomic E-state index is -2.68. The summed E-state index contributed by atoms with van der Waals surface area (Å²) in [5.74, 6) is -0.473. The molecule has 2 N–H and O–H groups in total. The summed E-state index contributed by atoms with van der Waals surface area (Å²) in [7, 11) is 0. The van der Waals surface area contributed by atoms with E-state index in [2.05, 4.69) is 0 Å². The molecule has 0 spiro atoms. The van der Waals surface area contributed by atoms with Gasteiger partial charge in [0.25, 0.3) is 6.43 Å². The van der Waals surface area contributed by atoms with Crippen LogP contribution >= 0.6 is 0 Å². The van der Waals surface area contributed by atoms with Gasteiger partial charge in [-0.2, -0.15) is 5.26 Å². The van der Waals surface area contributed by atoms with Crippen molar-refractivity contribution in [1.82, 2.24) is 0 Å². The Morgan fingerprint density at radius 1 is 1.50 bits per heavy atom. The summed E-state index contributed by atoms with van der Waals surface area (Å²) in [5.41, 5.74) is 4.74. The van der Waals surface area contributed by atoms with Gasteiger partial charge in [0.05, 0.1) is 11.6 Å². The molecule has 0 aliphatic rings. The van der Waals surface area contributed by atoms with E-state index in [1.54, 1.807) is 19.9 Å². The van der Waals surface area contributed by atoms with Crippen molar-refractivity contribution in [2.45, 2.75) is 26.7 Å². The predicted molar refractivity (Wildman–Crippen MR) is 62.8 cm³/mol. The molecule has 18 heavy (non-hydrogen) atoms. The number of halogens is 2. The van der Waals surface area contributed by atoms with Crippen LogP contribution in [0.3, 0.4) is 0 Å². The molecular weight excluding hydrogens is 238 g/mol. The molecule has 1 amide bonds. The summed E-state index contributed by atoms with van der Waals surface area (Å²) < 4.78 is 25.2. The molecule has 0 bridgehead atoms. The van der Waals surface area contributed by atoms with Crippen LogP contribution in [0.4, 0.5) is 8.78 Å². The van der Waals surface area contributed by atoms with Crippen LogP contribution in [0.25, 0.3) is 0 Å². The topological polar surface area (TPSA) is 66.9 Å². The van der Waals surface area contributed by atoms with Crippen LogP contribution in [-0.2, 0) is 11.2 Å². The third kappa shape index (κ3) is 3.04. The largest absolute Gasteiger partial charge is 0.369 e. The first-order valence-electron chi connectivity index (χ1n) is 5.39. The zero-order valence-electron chi connectivity index (χ0n) is 10.2. The summed E-state index contributed by atoms with van der Waals surface area (Å²) in [6, 6.07) is 5.83. The lowest BCUT2D eigenvalue weighted by Gasteiger charge is -2.20. The van der Waals surface area contributed by atoms with Gasteiger partial charge in [0.2, 0.25) is 5.91 Å². The average molecular weight is 252 g/mol. The van der Waals surface area contributed by atoms with Gasteiger partial charge in [-0.25, -0.2) is 8.78 Å². The lowest BCUT2D eigenvalue weighted by Crippen LogP contribution is -2.33. The van der Waals surface area contributed by atoms with Crippen molar-refractivity contribution in [3.05, 3.63) is 34.9 Å². The van der Waals surface area contributed by atoms with Gasteiger partial charge in [-0.15, -0.1) is 0 Å². The highest BCUT2D eigenvalue weighted by Crippen LogP contribution is 2.27. The number of nitriles is 1. The molecule has 0 unspecified atom stereocenters. The number of nitrogens with zero attached hydrogens (tertiary/aromatic N) is 1. The van der Waals surface area contributed by atoms with Gasteiger partial charge >= 0.3 is 0 Å². The van der Waals surface area contributed by atoms with Crippen molar-refractivity contribution in [1.29, 1.82) is 5.26 Å². The van der Waals surface area contributed by atoms with Gasteiger partial charge < -0.3 is 5.73 Å². The molecule has 0 radical (unpaired) electrons. The lowest BCUT2D eigenvalue weighted by molar-refractivity contribution is -0.125. The highest BCUT2D eigenvalue weighted by Gasteiger charge is 2.25.